The predicted octanol–water partition coefficient (Wildman–Crippen LogP) is 2.89. The molecule has 3 unspecified atom stereocenters. The summed E-state index contributed by atoms with van der Waals surface area (Å²) >= 11 is 0. The van der Waals surface area contributed by atoms with E-state index < -0.39 is 23.8 Å². The van der Waals surface area contributed by atoms with Crippen molar-refractivity contribution in [1.82, 2.24) is 0 Å². The van der Waals surface area contributed by atoms with Crippen LogP contribution in [0.1, 0.15) is 26.2 Å². The molecule has 2 nitrogen and oxygen atoms in total. The van der Waals surface area contributed by atoms with E-state index in [-0.39, 0.29) is 5.75 Å². The van der Waals surface area contributed by atoms with E-state index in [2.05, 4.69) is 6.92 Å². The van der Waals surface area contributed by atoms with Crippen LogP contribution >= 0.6 is 0 Å². The van der Waals surface area contributed by atoms with Crippen molar-refractivity contribution < 1.29 is 18.6 Å². The van der Waals surface area contributed by atoms with Gasteiger partial charge < -0.3 is 9.84 Å². The highest BCUT2D eigenvalue weighted by Gasteiger charge is 2.29. The van der Waals surface area contributed by atoms with Gasteiger partial charge in [-0.2, -0.15) is 0 Å². The minimum atomic E-state index is -0.726. The highest BCUT2D eigenvalue weighted by Crippen LogP contribution is 2.29. The zero-order chi connectivity index (χ0) is 12.4. The first-order chi connectivity index (χ1) is 8.06. The second-order valence-corrected chi connectivity index (χ2v) is 4.72. The van der Waals surface area contributed by atoms with Gasteiger partial charge in [0, 0.05) is 6.07 Å². The van der Waals surface area contributed by atoms with Crippen LogP contribution in [-0.2, 0) is 0 Å². The van der Waals surface area contributed by atoms with Crippen molar-refractivity contribution in [1.29, 1.82) is 0 Å². The Balaban J connectivity index is 2.08. The second kappa shape index (κ2) is 5.00. The van der Waals surface area contributed by atoms with Gasteiger partial charge in [0.1, 0.15) is 11.9 Å². The Labute approximate surface area is 99.2 Å². The van der Waals surface area contributed by atoms with Crippen molar-refractivity contribution in [3.8, 4) is 5.75 Å². The first-order valence-electron chi connectivity index (χ1n) is 5.86. The van der Waals surface area contributed by atoms with Gasteiger partial charge in [0.2, 0.25) is 0 Å². The molecule has 4 heteroatoms. The molecule has 0 amide bonds. The lowest BCUT2D eigenvalue weighted by Gasteiger charge is -2.31. The molecule has 0 radical (unpaired) electrons. The zero-order valence-electron chi connectivity index (χ0n) is 9.70. The molecule has 0 saturated heterocycles. The number of ether oxygens (including phenoxy) is 1. The first kappa shape index (κ1) is 12.3. The molecule has 0 heterocycles. The Morgan fingerprint density at radius 1 is 1.29 bits per heavy atom. The molecule has 1 aliphatic carbocycles. The maximum Gasteiger partial charge on any atom is 0.167 e. The van der Waals surface area contributed by atoms with Gasteiger partial charge in [0.15, 0.2) is 11.6 Å². The Kier molecular flexibility index (Phi) is 3.62. The largest absolute Gasteiger partial charge is 0.485 e. The number of rotatable bonds is 2. The molecule has 1 N–H and O–H groups in total. The van der Waals surface area contributed by atoms with Gasteiger partial charge in [-0.25, -0.2) is 8.78 Å². The van der Waals surface area contributed by atoms with Crippen molar-refractivity contribution in [2.75, 3.05) is 0 Å². The normalized spacial score (nSPS) is 29.1. The van der Waals surface area contributed by atoms with Crippen molar-refractivity contribution in [3.63, 3.8) is 0 Å². The van der Waals surface area contributed by atoms with Crippen LogP contribution in [0.15, 0.2) is 18.2 Å². The third kappa shape index (κ3) is 2.94. The van der Waals surface area contributed by atoms with Crippen molar-refractivity contribution in [2.45, 2.75) is 38.4 Å². The summed E-state index contributed by atoms with van der Waals surface area (Å²) in [5.41, 5.74) is 0. The molecular formula is C13H16F2O2. The fourth-order valence-electron chi connectivity index (χ4n) is 2.17. The van der Waals surface area contributed by atoms with Crippen molar-refractivity contribution in [3.05, 3.63) is 29.8 Å². The number of hydrogen-bond acceptors (Lipinski definition) is 2. The van der Waals surface area contributed by atoms with Gasteiger partial charge in [0.25, 0.3) is 0 Å². The summed E-state index contributed by atoms with van der Waals surface area (Å²) in [7, 11) is 0. The first-order valence-corrected chi connectivity index (χ1v) is 5.86. The number of benzene rings is 1. The lowest BCUT2D eigenvalue weighted by molar-refractivity contribution is -0.00935. The minimum Gasteiger partial charge on any atom is -0.485 e. The van der Waals surface area contributed by atoms with Crippen LogP contribution in [0, 0.1) is 17.6 Å². The van der Waals surface area contributed by atoms with Crippen molar-refractivity contribution in [2.24, 2.45) is 5.92 Å². The molecule has 1 fully saturated rings. The van der Waals surface area contributed by atoms with Gasteiger partial charge >= 0.3 is 0 Å². The van der Waals surface area contributed by atoms with Crippen LogP contribution in [0.2, 0.25) is 0 Å². The molecule has 1 aromatic rings. The fraction of sp³-hybridized carbons (Fsp3) is 0.538. The molecule has 17 heavy (non-hydrogen) atoms. The minimum absolute atomic E-state index is 0.00421. The van der Waals surface area contributed by atoms with Crippen LogP contribution in [0.3, 0.4) is 0 Å². The number of aliphatic hydroxyl groups is 1. The van der Waals surface area contributed by atoms with E-state index >= 15 is 0 Å². The van der Waals surface area contributed by atoms with Crippen LogP contribution in [0.5, 0.6) is 5.75 Å². The summed E-state index contributed by atoms with van der Waals surface area (Å²) in [6.07, 6.45) is 1.33. The molecule has 0 spiro atoms. The molecule has 94 valence electrons. The van der Waals surface area contributed by atoms with E-state index in [1.165, 1.54) is 6.07 Å². The standard InChI is InChI=1S/C13H16F2O2/c1-8-2-4-11(16)13(6-8)17-12-5-3-9(14)7-10(12)15/h3,5,7-8,11,13,16H,2,4,6H2,1H3. The topological polar surface area (TPSA) is 29.5 Å². The number of hydrogen-bond donors (Lipinski definition) is 1. The van der Waals surface area contributed by atoms with Gasteiger partial charge in [-0.3, -0.25) is 0 Å². The number of aliphatic hydroxyl groups excluding tert-OH is 1. The third-order valence-electron chi connectivity index (χ3n) is 3.19. The summed E-state index contributed by atoms with van der Waals surface area (Å²) in [5.74, 6) is -0.903. The highest BCUT2D eigenvalue weighted by molar-refractivity contribution is 5.25. The molecule has 0 bridgehead atoms. The molecule has 0 aromatic heterocycles. The predicted molar refractivity (Wildman–Crippen MR) is 59.8 cm³/mol. The van der Waals surface area contributed by atoms with Gasteiger partial charge in [-0.1, -0.05) is 6.92 Å². The Morgan fingerprint density at radius 2 is 2.06 bits per heavy atom. The van der Waals surface area contributed by atoms with Crippen LogP contribution in [0.25, 0.3) is 0 Å². The average Bonchev–Trinajstić information content (AvgIpc) is 2.27. The smallest absolute Gasteiger partial charge is 0.167 e. The van der Waals surface area contributed by atoms with E-state index in [4.69, 9.17) is 4.74 Å². The summed E-state index contributed by atoms with van der Waals surface area (Å²) in [6.45, 7) is 2.07. The lowest BCUT2D eigenvalue weighted by atomic mass is 9.86. The fourth-order valence-corrected chi connectivity index (χ4v) is 2.17. The molecule has 3 atom stereocenters. The average molecular weight is 242 g/mol. The van der Waals surface area contributed by atoms with Gasteiger partial charge in [0.05, 0.1) is 6.10 Å². The summed E-state index contributed by atoms with van der Waals surface area (Å²) in [4.78, 5) is 0. The summed E-state index contributed by atoms with van der Waals surface area (Å²) in [6, 6.07) is 3.20. The third-order valence-corrected chi connectivity index (χ3v) is 3.19. The van der Waals surface area contributed by atoms with Crippen molar-refractivity contribution >= 4 is 0 Å². The van der Waals surface area contributed by atoms with E-state index in [1.807, 2.05) is 0 Å². The maximum absolute atomic E-state index is 13.4. The van der Waals surface area contributed by atoms with E-state index in [1.54, 1.807) is 0 Å². The molecule has 1 aliphatic rings. The molecule has 2 rings (SSSR count). The summed E-state index contributed by atoms with van der Waals surface area (Å²) in [5, 5.41) is 9.77. The van der Waals surface area contributed by atoms with E-state index in [0.29, 0.717) is 18.8 Å². The van der Waals surface area contributed by atoms with E-state index in [0.717, 1.165) is 18.6 Å². The van der Waals surface area contributed by atoms with Gasteiger partial charge in [-0.05, 0) is 37.3 Å². The number of halogens is 2. The Hall–Kier alpha value is -1.16. The molecule has 1 aromatic carbocycles. The van der Waals surface area contributed by atoms with Gasteiger partial charge in [-0.15, -0.1) is 0 Å². The maximum atomic E-state index is 13.4. The SMILES string of the molecule is CC1CCC(O)C(Oc2ccc(F)cc2F)C1. The summed E-state index contributed by atoms with van der Waals surface area (Å²) < 4.78 is 31.5. The molecule has 0 aliphatic heterocycles. The monoisotopic (exact) mass is 242 g/mol. The Morgan fingerprint density at radius 3 is 2.76 bits per heavy atom. The van der Waals surface area contributed by atoms with Crippen LogP contribution < -0.4 is 4.74 Å². The quantitative estimate of drug-likeness (QED) is 0.864. The lowest BCUT2D eigenvalue weighted by Crippen LogP contribution is -2.37. The van der Waals surface area contributed by atoms with E-state index in [9.17, 15) is 13.9 Å². The second-order valence-electron chi connectivity index (χ2n) is 4.72. The molecule has 1 saturated carbocycles. The zero-order valence-corrected chi connectivity index (χ0v) is 9.70. The van der Waals surface area contributed by atoms with Crippen LogP contribution in [0.4, 0.5) is 8.78 Å². The van der Waals surface area contributed by atoms with Crippen LogP contribution in [-0.4, -0.2) is 17.3 Å². The molecular weight excluding hydrogens is 226 g/mol. The Bertz CT molecular complexity index is 395. The highest BCUT2D eigenvalue weighted by atomic mass is 19.1.